The first kappa shape index (κ1) is 15.3. The molecule has 0 saturated carbocycles. The van der Waals surface area contributed by atoms with Gasteiger partial charge in [0.1, 0.15) is 11.7 Å². The zero-order valence-electron chi connectivity index (χ0n) is 12.8. The van der Waals surface area contributed by atoms with E-state index >= 15 is 0 Å². The van der Waals surface area contributed by atoms with Gasteiger partial charge < -0.3 is 9.64 Å². The number of nitrogens with zero attached hydrogens (tertiary/aromatic N) is 3. The summed E-state index contributed by atoms with van der Waals surface area (Å²) in [5.41, 5.74) is 0.867. The molecule has 1 aromatic rings. The van der Waals surface area contributed by atoms with Gasteiger partial charge in [-0.1, -0.05) is 0 Å². The highest BCUT2D eigenvalue weighted by molar-refractivity contribution is 5.69. The second-order valence-electron chi connectivity index (χ2n) is 6.26. The van der Waals surface area contributed by atoms with Gasteiger partial charge in [0.2, 0.25) is 0 Å². The van der Waals surface area contributed by atoms with Gasteiger partial charge in [0.15, 0.2) is 0 Å². The van der Waals surface area contributed by atoms with Gasteiger partial charge in [-0.3, -0.25) is 4.98 Å². The molecule has 5 heteroatoms. The van der Waals surface area contributed by atoms with E-state index in [2.05, 4.69) is 11.1 Å². The fourth-order valence-electron chi connectivity index (χ4n) is 2.58. The minimum Gasteiger partial charge on any atom is -0.444 e. The van der Waals surface area contributed by atoms with Crippen LogP contribution in [0.3, 0.4) is 0 Å². The Hall–Kier alpha value is -2.09. The molecule has 1 aliphatic rings. The number of aromatic nitrogens is 1. The SMILES string of the molecule is CC(C)(C)OC(=O)N1CCCCC1c1ccncc1C#N. The Morgan fingerprint density at radius 3 is 2.90 bits per heavy atom. The molecule has 0 aliphatic carbocycles. The molecule has 1 unspecified atom stereocenters. The van der Waals surface area contributed by atoms with Gasteiger partial charge in [0.25, 0.3) is 0 Å². The van der Waals surface area contributed by atoms with Crippen LogP contribution in [-0.2, 0) is 4.74 Å². The number of hydrogen-bond acceptors (Lipinski definition) is 4. The van der Waals surface area contributed by atoms with Gasteiger partial charge >= 0.3 is 6.09 Å². The van der Waals surface area contributed by atoms with Crippen LogP contribution >= 0.6 is 0 Å². The maximum Gasteiger partial charge on any atom is 0.410 e. The van der Waals surface area contributed by atoms with Crippen LogP contribution in [0.1, 0.15) is 57.2 Å². The minimum absolute atomic E-state index is 0.105. The third kappa shape index (κ3) is 3.72. The summed E-state index contributed by atoms with van der Waals surface area (Å²) < 4.78 is 5.49. The molecule has 2 rings (SSSR count). The van der Waals surface area contributed by atoms with Crippen LogP contribution < -0.4 is 0 Å². The van der Waals surface area contributed by atoms with Gasteiger partial charge in [-0.05, 0) is 51.7 Å². The highest BCUT2D eigenvalue weighted by Gasteiger charge is 2.32. The number of hydrogen-bond donors (Lipinski definition) is 0. The Labute approximate surface area is 125 Å². The van der Waals surface area contributed by atoms with Crippen LogP contribution in [0, 0.1) is 11.3 Å². The molecular formula is C16H21N3O2. The number of carbonyl (C=O) groups is 1. The molecule has 0 aromatic carbocycles. The Balaban J connectivity index is 2.27. The number of ether oxygens (including phenoxy) is 1. The molecule has 1 saturated heterocycles. The molecule has 1 aromatic heterocycles. The second kappa shape index (κ2) is 6.13. The lowest BCUT2D eigenvalue weighted by molar-refractivity contribution is 0.00948. The molecule has 21 heavy (non-hydrogen) atoms. The van der Waals surface area contributed by atoms with Crippen LogP contribution in [0.15, 0.2) is 18.5 Å². The van der Waals surface area contributed by atoms with Gasteiger partial charge in [-0.2, -0.15) is 5.26 Å². The molecule has 112 valence electrons. The first-order valence-electron chi connectivity index (χ1n) is 7.26. The fourth-order valence-corrected chi connectivity index (χ4v) is 2.58. The summed E-state index contributed by atoms with van der Waals surface area (Å²) in [6.07, 6.45) is 5.75. The average Bonchev–Trinajstić information content (AvgIpc) is 2.45. The van der Waals surface area contributed by atoms with Crippen LogP contribution in [0.25, 0.3) is 0 Å². The molecule has 1 atom stereocenters. The van der Waals surface area contributed by atoms with E-state index in [1.54, 1.807) is 17.3 Å². The largest absolute Gasteiger partial charge is 0.444 e. The summed E-state index contributed by atoms with van der Waals surface area (Å²) >= 11 is 0. The summed E-state index contributed by atoms with van der Waals surface area (Å²) in [6, 6.07) is 3.88. The van der Waals surface area contributed by atoms with Crippen molar-refractivity contribution in [2.24, 2.45) is 0 Å². The minimum atomic E-state index is -0.518. The summed E-state index contributed by atoms with van der Waals surface area (Å²) in [7, 11) is 0. The lowest BCUT2D eigenvalue weighted by Crippen LogP contribution is -2.42. The van der Waals surface area contributed by atoms with Gasteiger partial charge in [0.05, 0.1) is 11.6 Å². The van der Waals surface area contributed by atoms with Crippen molar-refractivity contribution in [3.63, 3.8) is 0 Å². The lowest BCUT2D eigenvalue weighted by Gasteiger charge is -2.37. The van der Waals surface area contributed by atoms with Crippen molar-refractivity contribution in [1.82, 2.24) is 9.88 Å². The quantitative estimate of drug-likeness (QED) is 0.793. The average molecular weight is 287 g/mol. The van der Waals surface area contributed by atoms with Crippen molar-refractivity contribution in [1.29, 1.82) is 5.26 Å². The highest BCUT2D eigenvalue weighted by atomic mass is 16.6. The molecule has 0 N–H and O–H groups in total. The maximum atomic E-state index is 12.4. The Morgan fingerprint density at radius 1 is 1.48 bits per heavy atom. The zero-order valence-corrected chi connectivity index (χ0v) is 12.8. The van der Waals surface area contributed by atoms with Crippen molar-refractivity contribution in [3.05, 3.63) is 29.6 Å². The van der Waals surface area contributed by atoms with Crippen molar-refractivity contribution >= 4 is 6.09 Å². The van der Waals surface area contributed by atoms with Crippen LogP contribution in [0.2, 0.25) is 0 Å². The smallest absolute Gasteiger partial charge is 0.410 e. The lowest BCUT2D eigenvalue weighted by atomic mass is 9.93. The summed E-state index contributed by atoms with van der Waals surface area (Å²) in [6.45, 7) is 6.23. The molecule has 1 amide bonds. The molecule has 1 aliphatic heterocycles. The van der Waals surface area contributed by atoms with Gasteiger partial charge in [-0.15, -0.1) is 0 Å². The number of nitriles is 1. The van der Waals surface area contributed by atoms with E-state index in [0.29, 0.717) is 12.1 Å². The molecule has 5 nitrogen and oxygen atoms in total. The normalized spacial score (nSPS) is 19.0. The van der Waals surface area contributed by atoms with Crippen molar-refractivity contribution < 1.29 is 9.53 Å². The molecule has 0 bridgehead atoms. The van der Waals surface area contributed by atoms with Gasteiger partial charge in [0, 0.05) is 18.9 Å². The van der Waals surface area contributed by atoms with Crippen LogP contribution in [-0.4, -0.2) is 28.1 Å². The number of piperidine rings is 1. The summed E-state index contributed by atoms with van der Waals surface area (Å²) in [5, 5.41) is 9.24. The Bertz CT molecular complexity index is 557. The van der Waals surface area contributed by atoms with Crippen LogP contribution in [0.5, 0.6) is 0 Å². The highest BCUT2D eigenvalue weighted by Crippen LogP contribution is 2.33. The fraction of sp³-hybridized carbons (Fsp3) is 0.562. The van der Waals surface area contributed by atoms with E-state index in [0.717, 1.165) is 24.8 Å². The van der Waals surface area contributed by atoms with Crippen molar-refractivity contribution in [2.45, 2.75) is 51.7 Å². The molecule has 2 heterocycles. The molecular weight excluding hydrogens is 266 g/mol. The van der Waals surface area contributed by atoms with E-state index < -0.39 is 5.60 Å². The standard InChI is InChI=1S/C16H21N3O2/c1-16(2,3)21-15(20)19-9-5-4-6-14(19)13-7-8-18-11-12(13)10-17/h7-8,11,14H,4-6,9H2,1-3H3. The van der Waals surface area contributed by atoms with E-state index in [9.17, 15) is 10.1 Å². The number of amides is 1. The Morgan fingerprint density at radius 2 is 2.24 bits per heavy atom. The predicted octanol–water partition coefficient (Wildman–Crippen LogP) is 3.42. The number of likely N-dealkylation sites (tertiary alicyclic amines) is 1. The maximum absolute atomic E-state index is 12.4. The van der Waals surface area contributed by atoms with Crippen molar-refractivity contribution in [3.8, 4) is 6.07 Å². The predicted molar refractivity (Wildman–Crippen MR) is 78.5 cm³/mol. The van der Waals surface area contributed by atoms with Gasteiger partial charge in [-0.25, -0.2) is 4.79 Å². The summed E-state index contributed by atoms with van der Waals surface area (Å²) in [5.74, 6) is 0. The van der Waals surface area contributed by atoms with E-state index in [1.807, 2.05) is 26.8 Å². The van der Waals surface area contributed by atoms with E-state index in [1.165, 1.54) is 0 Å². The molecule has 1 fully saturated rings. The first-order valence-corrected chi connectivity index (χ1v) is 7.26. The number of carbonyl (C=O) groups excluding carboxylic acids is 1. The van der Waals surface area contributed by atoms with Crippen molar-refractivity contribution in [2.75, 3.05) is 6.54 Å². The molecule has 0 spiro atoms. The molecule has 0 radical (unpaired) electrons. The van der Waals surface area contributed by atoms with E-state index in [4.69, 9.17) is 4.74 Å². The van der Waals surface area contributed by atoms with Crippen LogP contribution in [0.4, 0.5) is 4.79 Å². The second-order valence-corrected chi connectivity index (χ2v) is 6.26. The third-order valence-corrected chi connectivity index (χ3v) is 3.47. The third-order valence-electron chi connectivity index (χ3n) is 3.47. The number of rotatable bonds is 1. The summed E-state index contributed by atoms with van der Waals surface area (Å²) in [4.78, 5) is 18.1. The van der Waals surface area contributed by atoms with E-state index in [-0.39, 0.29) is 12.1 Å². The topological polar surface area (TPSA) is 66.2 Å². The number of pyridine rings is 1. The Kier molecular flexibility index (Phi) is 4.46. The zero-order chi connectivity index (χ0) is 15.5. The first-order chi connectivity index (χ1) is 9.92. The monoisotopic (exact) mass is 287 g/mol.